The van der Waals surface area contributed by atoms with Gasteiger partial charge in [-0.05, 0) is 56.0 Å². The van der Waals surface area contributed by atoms with Crippen molar-refractivity contribution in [2.75, 3.05) is 18.4 Å². The van der Waals surface area contributed by atoms with Gasteiger partial charge in [0.1, 0.15) is 6.54 Å². The molecule has 33 heavy (non-hydrogen) atoms. The van der Waals surface area contributed by atoms with Crippen molar-refractivity contribution in [3.05, 3.63) is 58.9 Å². The first kappa shape index (κ1) is 24.7. The molecule has 2 N–H and O–H groups in total. The minimum absolute atomic E-state index is 0.0619. The fourth-order valence-electron chi connectivity index (χ4n) is 3.17. The number of carbonyl (C=O) groups is 2. The van der Waals surface area contributed by atoms with E-state index >= 15 is 0 Å². The minimum atomic E-state index is -3.79. The van der Waals surface area contributed by atoms with Crippen LogP contribution in [-0.4, -0.2) is 44.3 Å². The molecular formula is C22H24F3N3O4S. The van der Waals surface area contributed by atoms with Crippen LogP contribution in [0.5, 0.6) is 0 Å². The Hall–Kier alpha value is -2.92. The summed E-state index contributed by atoms with van der Waals surface area (Å²) in [5.41, 5.74) is 0.0608. The molecule has 0 atom stereocenters. The molecule has 7 nitrogen and oxygen atoms in total. The smallest absolute Gasteiger partial charge is 0.254 e. The van der Waals surface area contributed by atoms with E-state index in [0.717, 1.165) is 18.9 Å². The lowest BCUT2D eigenvalue weighted by atomic mass is 10.1. The minimum Gasteiger partial charge on any atom is -0.329 e. The summed E-state index contributed by atoms with van der Waals surface area (Å²) in [4.78, 5) is 26.7. The lowest BCUT2D eigenvalue weighted by Crippen LogP contribution is -2.39. The Labute approximate surface area is 190 Å². The van der Waals surface area contributed by atoms with Gasteiger partial charge in [-0.15, -0.1) is 0 Å². The maximum Gasteiger partial charge on any atom is 0.254 e. The van der Waals surface area contributed by atoms with Crippen LogP contribution in [0, 0.1) is 24.4 Å². The molecule has 2 aromatic carbocycles. The number of hydrogen-bond acceptors (Lipinski definition) is 4. The topological polar surface area (TPSA) is 95.6 Å². The zero-order chi connectivity index (χ0) is 24.3. The molecule has 0 bridgehead atoms. The van der Waals surface area contributed by atoms with Gasteiger partial charge in [-0.2, -0.15) is 0 Å². The molecule has 2 amide bonds. The molecule has 1 fully saturated rings. The highest BCUT2D eigenvalue weighted by Gasteiger charge is 2.29. The van der Waals surface area contributed by atoms with Gasteiger partial charge in [0.15, 0.2) is 17.5 Å². The molecule has 3 rings (SSSR count). The molecule has 0 spiro atoms. The Kier molecular flexibility index (Phi) is 7.43. The average molecular weight is 484 g/mol. The highest BCUT2D eigenvalue weighted by molar-refractivity contribution is 7.89. The summed E-state index contributed by atoms with van der Waals surface area (Å²) in [6.45, 7) is 3.07. The van der Waals surface area contributed by atoms with Crippen LogP contribution in [-0.2, 0) is 14.8 Å². The number of nitrogens with one attached hydrogen (secondary N) is 2. The van der Waals surface area contributed by atoms with Crippen molar-refractivity contribution in [2.24, 2.45) is 0 Å². The zero-order valence-corrected chi connectivity index (χ0v) is 18.9. The lowest BCUT2D eigenvalue weighted by molar-refractivity contribution is -0.116. The van der Waals surface area contributed by atoms with E-state index in [4.69, 9.17) is 0 Å². The standard InChI is InChI=1S/C22H24F3N3O4S/c1-3-10-28(12-19(29)26-18-9-8-17(23)20(24)21(18)25)22(30)16-11-15(7-4-13(16)2)33(31,32)27-14-5-6-14/h4,7-9,11,14,27H,3,5-6,10,12H2,1-2H3,(H,26,29). The number of anilines is 1. The van der Waals surface area contributed by atoms with Crippen LogP contribution >= 0.6 is 0 Å². The molecule has 11 heteroatoms. The first-order valence-electron chi connectivity index (χ1n) is 10.4. The fourth-order valence-corrected chi connectivity index (χ4v) is 4.50. The third kappa shape index (κ3) is 5.91. The largest absolute Gasteiger partial charge is 0.329 e. The van der Waals surface area contributed by atoms with Gasteiger partial charge in [-0.25, -0.2) is 26.3 Å². The number of carbonyl (C=O) groups excluding carboxylic acids is 2. The van der Waals surface area contributed by atoms with Crippen LogP contribution in [0.15, 0.2) is 35.2 Å². The molecule has 178 valence electrons. The second-order valence-electron chi connectivity index (χ2n) is 7.87. The van der Waals surface area contributed by atoms with Crippen LogP contribution in [0.2, 0.25) is 0 Å². The van der Waals surface area contributed by atoms with Crippen molar-refractivity contribution >= 4 is 27.5 Å². The summed E-state index contributed by atoms with van der Waals surface area (Å²) < 4.78 is 68.0. The third-order valence-electron chi connectivity index (χ3n) is 5.07. The molecule has 0 aromatic heterocycles. The van der Waals surface area contributed by atoms with Gasteiger partial charge in [-0.3, -0.25) is 9.59 Å². The van der Waals surface area contributed by atoms with Gasteiger partial charge >= 0.3 is 0 Å². The number of nitrogens with zero attached hydrogens (tertiary/aromatic N) is 1. The average Bonchev–Trinajstić information content (AvgIpc) is 3.57. The number of halogens is 3. The quantitative estimate of drug-likeness (QED) is 0.535. The lowest BCUT2D eigenvalue weighted by Gasteiger charge is -2.23. The van der Waals surface area contributed by atoms with E-state index in [1.807, 2.05) is 0 Å². The van der Waals surface area contributed by atoms with Gasteiger partial charge < -0.3 is 10.2 Å². The van der Waals surface area contributed by atoms with Crippen molar-refractivity contribution in [1.29, 1.82) is 0 Å². The van der Waals surface area contributed by atoms with E-state index < -0.39 is 51.5 Å². The predicted octanol–water partition coefficient (Wildman–Crippen LogP) is 3.34. The maximum absolute atomic E-state index is 13.9. The van der Waals surface area contributed by atoms with E-state index in [9.17, 15) is 31.2 Å². The van der Waals surface area contributed by atoms with Gasteiger partial charge in [0.05, 0.1) is 10.6 Å². The van der Waals surface area contributed by atoms with Crippen LogP contribution in [0.3, 0.4) is 0 Å². The summed E-state index contributed by atoms with van der Waals surface area (Å²) in [5.74, 6) is -6.07. The monoisotopic (exact) mass is 483 g/mol. The number of sulfonamides is 1. The van der Waals surface area contributed by atoms with Crippen LogP contribution in [0.25, 0.3) is 0 Å². The Morgan fingerprint density at radius 2 is 1.79 bits per heavy atom. The second-order valence-corrected chi connectivity index (χ2v) is 9.58. The number of amides is 2. The van der Waals surface area contributed by atoms with Crippen molar-refractivity contribution < 1.29 is 31.2 Å². The van der Waals surface area contributed by atoms with E-state index in [1.54, 1.807) is 13.8 Å². The van der Waals surface area contributed by atoms with E-state index in [2.05, 4.69) is 10.0 Å². The van der Waals surface area contributed by atoms with Crippen molar-refractivity contribution in [2.45, 2.75) is 44.0 Å². The molecule has 0 unspecified atom stereocenters. The highest BCUT2D eigenvalue weighted by Crippen LogP contribution is 2.24. The summed E-state index contributed by atoms with van der Waals surface area (Å²) in [6.07, 6.45) is 2.00. The normalized spacial score (nSPS) is 13.6. The maximum atomic E-state index is 13.9. The van der Waals surface area contributed by atoms with E-state index in [1.165, 1.54) is 23.1 Å². The predicted molar refractivity (Wildman–Crippen MR) is 116 cm³/mol. The van der Waals surface area contributed by atoms with Crippen molar-refractivity contribution in [3.8, 4) is 0 Å². The Balaban J connectivity index is 1.80. The number of hydrogen-bond donors (Lipinski definition) is 2. The van der Waals surface area contributed by atoms with Crippen LogP contribution in [0.4, 0.5) is 18.9 Å². The van der Waals surface area contributed by atoms with Gasteiger partial charge in [-0.1, -0.05) is 13.0 Å². The molecule has 0 radical (unpaired) electrons. The molecule has 1 aliphatic carbocycles. The van der Waals surface area contributed by atoms with E-state index in [0.29, 0.717) is 18.1 Å². The third-order valence-corrected chi connectivity index (χ3v) is 6.59. The SMILES string of the molecule is CCCN(CC(=O)Nc1ccc(F)c(F)c1F)C(=O)c1cc(S(=O)(=O)NC2CC2)ccc1C. The summed E-state index contributed by atoms with van der Waals surface area (Å²) in [7, 11) is -3.79. The summed E-state index contributed by atoms with van der Waals surface area (Å²) in [6, 6.07) is 5.62. The van der Waals surface area contributed by atoms with Crippen LogP contribution in [0.1, 0.15) is 42.1 Å². The second kappa shape index (κ2) is 9.92. The van der Waals surface area contributed by atoms with E-state index in [-0.39, 0.29) is 23.0 Å². The van der Waals surface area contributed by atoms with Crippen LogP contribution < -0.4 is 10.0 Å². The van der Waals surface area contributed by atoms with Gasteiger partial charge in [0, 0.05) is 18.2 Å². The number of benzene rings is 2. The Morgan fingerprint density at radius 3 is 2.42 bits per heavy atom. The Morgan fingerprint density at radius 1 is 1.09 bits per heavy atom. The fraction of sp³-hybridized carbons (Fsp3) is 0.364. The summed E-state index contributed by atoms with van der Waals surface area (Å²) in [5, 5.41) is 2.13. The molecule has 0 aliphatic heterocycles. The van der Waals surface area contributed by atoms with Gasteiger partial charge in [0.2, 0.25) is 15.9 Å². The molecule has 0 saturated heterocycles. The number of rotatable bonds is 9. The molecular weight excluding hydrogens is 459 g/mol. The molecule has 1 aliphatic rings. The van der Waals surface area contributed by atoms with Gasteiger partial charge in [0.25, 0.3) is 5.91 Å². The molecule has 0 heterocycles. The zero-order valence-electron chi connectivity index (χ0n) is 18.1. The molecule has 1 saturated carbocycles. The number of aryl methyl sites for hydroxylation is 1. The summed E-state index contributed by atoms with van der Waals surface area (Å²) >= 11 is 0. The first-order chi connectivity index (χ1) is 15.5. The van der Waals surface area contributed by atoms with Crippen molar-refractivity contribution in [3.63, 3.8) is 0 Å². The van der Waals surface area contributed by atoms with Crippen molar-refractivity contribution in [1.82, 2.24) is 9.62 Å². The molecule has 2 aromatic rings. The Bertz CT molecular complexity index is 1180. The first-order valence-corrected chi connectivity index (χ1v) is 11.9. The highest BCUT2D eigenvalue weighted by atomic mass is 32.2.